The summed E-state index contributed by atoms with van der Waals surface area (Å²) in [5, 5.41) is 0. The fourth-order valence-electron chi connectivity index (χ4n) is 1.23. The molecule has 0 atom stereocenters. The van der Waals surface area contributed by atoms with Crippen molar-refractivity contribution < 1.29 is 0 Å². The van der Waals surface area contributed by atoms with E-state index < -0.39 is 0 Å². The molecule has 0 N–H and O–H groups in total. The number of aromatic nitrogens is 3. The van der Waals surface area contributed by atoms with Crippen LogP contribution in [0.1, 0.15) is 5.56 Å². The third-order valence-corrected chi connectivity index (χ3v) is 2.32. The van der Waals surface area contributed by atoms with Gasteiger partial charge in [0, 0.05) is 11.8 Å². The molecule has 15 heavy (non-hydrogen) atoms. The number of benzene rings is 1. The first-order chi connectivity index (χ1) is 7.29. The second-order valence-electron chi connectivity index (χ2n) is 3.01. The minimum Gasteiger partial charge on any atom is -0.225 e. The van der Waals surface area contributed by atoms with Crippen molar-refractivity contribution in [1.29, 1.82) is 0 Å². The van der Waals surface area contributed by atoms with Crippen molar-refractivity contribution in [3.8, 4) is 0 Å². The van der Waals surface area contributed by atoms with E-state index in [1.54, 1.807) is 0 Å². The van der Waals surface area contributed by atoms with Gasteiger partial charge in [0.2, 0.25) is 5.95 Å². The zero-order chi connectivity index (χ0) is 10.7. The lowest BCUT2D eigenvalue weighted by molar-refractivity contribution is 1.03. The average Bonchev–Trinajstić information content (AvgIpc) is 2.30. The highest BCUT2D eigenvalue weighted by molar-refractivity contribution is 6.28. The number of aryl methyl sites for hydroxylation is 1. The Morgan fingerprint density at radius 1 is 1.13 bits per heavy atom. The molecule has 0 aliphatic rings. The summed E-state index contributed by atoms with van der Waals surface area (Å²) < 4.78 is 1.41. The van der Waals surface area contributed by atoms with Gasteiger partial charge in [-0.3, -0.25) is 0 Å². The molecule has 1 aromatic carbocycles. The number of rotatable bonds is 2. The second kappa shape index (κ2) is 4.23. The molecule has 0 fully saturated rings. The molecule has 0 saturated heterocycles. The van der Waals surface area contributed by atoms with Crippen LogP contribution in [0.25, 0.3) is 0 Å². The van der Waals surface area contributed by atoms with Crippen LogP contribution in [0.2, 0.25) is 0 Å². The SMILES string of the molecule is Cc1ccccc1N(Cl)c1ncncn1. The highest BCUT2D eigenvalue weighted by Gasteiger charge is 2.10. The zero-order valence-electron chi connectivity index (χ0n) is 8.13. The van der Waals surface area contributed by atoms with Crippen molar-refractivity contribution >= 4 is 23.4 Å². The normalized spacial score (nSPS) is 10.0. The molecule has 0 radical (unpaired) electrons. The van der Waals surface area contributed by atoms with Crippen LogP contribution in [0.4, 0.5) is 11.6 Å². The molecule has 0 aliphatic heterocycles. The predicted molar refractivity (Wildman–Crippen MR) is 59.0 cm³/mol. The number of nitrogens with zero attached hydrogens (tertiary/aromatic N) is 4. The summed E-state index contributed by atoms with van der Waals surface area (Å²) in [5.41, 5.74) is 1.93. The van der Waals surface area contributed by atoms with Crippen molar-refractivity contribution in [2.24, 2.45) is 0 Å². The smallest absolute Gasteiger partial charge is 0.225 e. The number of halogens is 1. The van der Waals surface area contributed by atoms with Crippen LogP contribution in [0.3, 0.4) is 0 Å². The molecule has 0 amide bonds. The maximum Gasteiger partial charge on any atom is 0.248 e. The van der Waals surface area contributed by atoms with Crippen LogP contribution in [-0.4, -0.2) is 15.0 Å². The Bertz CT molecular complexity index is 446. The predicted octanol–water partition coefficient (Wildman–Crippen LogP) is 2.47. The molecule has 1 aromatic heterocycles. The van der Waals surface area contributed by atoms with E-state index in [1.165, 1.54) is 17.1 Å². The van der Waals surface area contributed by atoms with Crippen molar-refractivity contribution in [3.05, 3.63) is 42.5 Å². The van der Waals surface area contributed by atoms with E-state index >= 15 is 0 Å². The molecule has 0 spiro atoms. The lowest BCUT2D eigenvalue weighted by Crippen LogP contribution is -2.07. The summed E-state index contributed by atoms with van der Waals surface area (Å²) in [6.07, 6.45) is 2.83. The van der Waals surface area contributed by atoms with Crippen LogP contribution < -0.4 is 4.42 Å². The van der Waals surface area contributed by atoms with Crippen molar-refractivity contribution in [3.63, 3.8) is 0 Å². The minimum absolute atomic E-state index is 0.418. The van der Waals surface area contributed by atoms with Gasteiger partial charge in [-0.25, -0.2) is 9.40 Å². The van der Waals surface area contributed by atoms with E-state index in [4.69, 9.17) is 11.8 Å². The molecule has 1 heterocycles. The van der Waals surface area contributed by atoms with Crippen molar-refractivity contribution in [2.75, 3.05) is 4.42 Å². The fraction of sp³-hybridized carbons (Fsp3) is 0.100. The maximum atomic E-state index is 6.12. The summed E-state index contributed by atoms with van der Waals surface area (Å²) in [6, 6.07) is 7.76. The third-order valence-electron chi connectivity index (χ3n) is 1.98. The maximum absolute atomic E-state index is 6.12. The van der Waals surface area contributed by atoms with E-state index in [2.05, 4.69) is 15.0 Å². The molecule has 76 valence electrons. The van der Waals surface area contributed by atoms with Gasteiger partial charge in [-0.15, -0.1) is 0 Å². The zero-order valence-corrected chi connectivity index (χ0v) is 8.89. The van der Waals surface area contributed by atoms with Gasteiger partial charge in [0.05, 0.1) is 5.69 Å². The quantitative estimate of drug-likeness (QED) is 0.730. The summed E-state index contributed by atoms with van der Waals surface area (Å²) in [6.45, 7) is 1.98. The van der Waals surface area contributed by atoms with Gasteiger partial charge < -0.3 is 0 Å². The molecule has 0 unspecified atom stereocenters. The summed E-state index contributed by atoms with van der Waals surface area (Å²) in [7, 11) is 0. The Hall–Kier alpha value is -1.68. The molecule has 0 bridgehead atoms. The van der Waals surface area contributed by atoms with Crippen molar-refractivity contribution in [2.45, 2.75) is 6.92 Å². The van der Waals surface area contributed by atoms with Crippen LogP contribution in [0, 0.1) is 6.92 Å². The van der Waals surface area contributed by atoms with Gasteiger partial charge in [-0.2, -0.15) is 9.97 Å². The van der Waals surface area contributed by atoms with Crippen LogP contribution >= 0.6 is 11.8 Å². The first-order valence-electron chi connectivity index (χ1n) is 4.42. The molecular weight excluding hydrogens is 212 g/mol. The standard InChI is InChI=1S/C10H9ClN4/c1-8-4-2-3-5-9(8)15(11)10-13-6-12-7-14-10/h2-7H,1H3. The van der Waals surface area contributed by atoms with E-state index in [0.717, 1.165) is 11.3 Å². The minimum atomic E-state index is 0.418. The molecule has 0 aliphatic carbocycles. The van der Waals surface area contributed by atoms with Crippen molar-refractivity contribution in [1.82, 2.24) is 15.0 Å². The third kappa shape index (κ3) is 2.05. The van der Waals surface area contributed by atoms with Crippen LogP contribution in [0.5, 0.6) is 0 Å². The molecule has 5 heteroatoms. The van der Waals surface area contributed by atoms with Gasteiger partial charge in [-0.1, -0.05) is 18.2 Å². The Labute approximate surface area is 92.7 Å². The lowest BCUT2D eigenvalue weighted by atomic mass is 10.2. The number of para-hydroxylation sites is 1. The number of hydrogen-bond acceptors (Lipinski definition) is 4. The molecule has 0 saturated carbocycles. The topological polar surface area (TPSA) is 41.9 Å². The monoisotopic (exact) mass is 220 g/mol. The number of anilines is 2. The van der Waals surface area contributed by atoms with E-state index in [-0.39, 0.29) is 0 Å². The Kier molecular flexibility index (Phi) is 2.78. The Balaban J connectivity index is 2.37. The highest BCUT2D eigenvalue weighted by atomic mass is 35.5. The van der Waals surface area contributed by atoms with Gasteiger partial charge in [-0.05, 0) is 18.6 Å². The molecular formula is C10H9ClN4. The first kappa shape index (κ1) is 9.86. The summed E-state index contributed by atoms with van der Waals surface area (Å²) >= 11 is 6.12. The van der Waals surface area contributed by atoms with E-state index in [9.17, 15) is 0 Å². The average molecular weight is 221 g/mol. The van der Waals surface area contributed by atoms with Crippen LogP contribution in [-0.2, 0) is 0 Å². The highest BCUT2D eigenvalue weighted by Crippen LogP contribution is 2.26. The second-order valence-corrected chi connectivity index (χ2v) is 3.34. The molecule has 4 nitrogen and oxygen atoms in total. The van der Waals surface area contributed by atoms with Gasteiger partial charge in [0.15, 0.2) is 0 Å². The van der Waals surface area contributed by atoms with Gasteiger partial charge in [0.1, 0.15) is 12.7 Å². The molecule has 2 aromatic rings. The number of hydrogen-bond donors (Lipinski definition) is 0. The first-order valence-corrected chi connectivity index (χ1v) is 4.76. The van der Waals surface area contributed by atoms with Gasteiger partial charge >= 0.3 is 0 Å². The lowest BCUT2D eigenvalue weighted by Gasteiger charge is -2.14. The Morgan fingerprint density at radius 3 is 2.47 bits per heavy atom. The molecule has 2 rings (SSSR count). The van der Waals surface area contributed by atoms with E-state index in [1.807, 2.05) is 31.2 Å². The summed E-state index contributed by atoms with van der Waals surface area (Å²) in [4.78, 5) is 11.7. The largest absolute Gasteiger partial charge is 0.248 e. The summed E-state index contributed by atoms with van der Waals surface area (Å²) in [5.74, 6) is 0.418. The Morgan fingerprint density at radius 2 is 1.80 bits per heavy atom. The fourth-order valence-corrected chi connectivity index (χ4v) is 1.50. The van der Waals surface area contributed by atoms with Gasteiger partial charge in [0.25, 0.3) is 0 Å². The van der Waals surface area contributed by atoms with Crippen LogP contribution in [0.15, 0.2) is 36.9 Å². The van der Waals surface area contributed by atoms with E-state index in [0.29, 0.717) is 5.95 Å².